The molecule has 0 aliphatic rings. The minimum atomic E-state index is -0.432. The summed E-state index contributed by atoms with van der Waals surface area (Å²) in [6.45, 7) is 1.78. The van der Waals surface area contributed by atoms with Gasteiger partial charge in [-0.05, 0) is 37.3 Å². The standard InChI is InChI=1S/C13H9ClFN3/c1-8-2-9(7-16)3-13(17-8)18-12-5-10(14)4-11(15)6-12/h2-6H,1H3,(H,17,18). The molecule has 0 fully saturated rings. The summed E-state index contributed by atoms with van der Waals surface area (Å²) in [5.74, 6) is 0.0476. The molecule has 18 heavy (non-hydrogen) atoms. The molecule has 2 rings (SSSR count). The molecule has 90 valence electrons. The quantitative estimate of drug-likeness (QED) is 0.895. The fourth-order valence-corrected chi connectivity index (χ4v) is 1.79. The van der Waals surface area contributed by atoms with E-state index in [1.54, 1.807) is 25.1 Å². The van der Waals surface area contributed by atoms with Gasteiger partial charge in [0.1, 0.15) is 11.6 Å². The molecule has 2 aromatic rings. The first-order valence-electron chi connectivity index (χ1n) is 5.19. The topological polar surface area (TPSA) is 48.7 Å². The highest BCUT2D eigenvalue weighted by atomic mass is 35.5. The van der Waals surface area contributed by atoms with E-state index in [4.69, 9.17) is 16.9 Å². The molecule has 5 heteroatoms. The molecule has 0 bridgehead atoms. The van der Waals surface area contributed by atoms with Crippen LogP contribution in [0.15, 0.2) is 30.3 Å². The number of benzene rings is 1. The number of halogens is 2. The number of rotatable bonds is 2. The summed E-state index contributed by atoms with van der Waals surface area (Å²) in [5, 5.41) is 12.1. The van der Waals surface area contributed by atoms with E-state index < -0.39 is 5.82 Å². The molecule has 1 aromatic heterocycles. The number of aryl methyl sites for hydroxylation is 1. The Labute approximate surface area is 109 Å². The second kappa shape index (κ2) is 5.03. The number of nitrogens with one attached hydrogen (secondary N) is 1. The van der Waals surface area contributed by atoms with Gasteiger partial charge >= 0.3 is 0 Å². The number of hydrogen-bond acceptors (Lipinski definition) is 3. The van der Waals surface area contributed by atoms with Gasteiger partial charge < -0.3 is 5.32 Å². The molecule has 0 atom stereocenters. The lowest BCUT2D eigenvalue weighted by Gasteiger charge is -2.07. The summed E-state index contributed by atoms with van der Waals surface area (Å²) in [4.78, 5) is 4.21. The van der Waals surface area contributed by atoms with Crippen LogP contribution in [-0.4, -0.2) is 4.98 Å². The molecule has 0 unspecified atom stereocenters. The predicted molar refractivity (Wildman–Crippen MR) is 68.4 cm³/mol. The van der Waals surface area contributed by atoms with Crippen LogP contribution in [0.1, 0.15) is 11.3 Å². The van der Waals surface area contributed by atoms with Crippen LogP contribution >= 0.6 is 11.6 Å². The minimum Gasteiger partial charge on any atom is -0.340 e. The van der Waals surface area contributed by atoms with Crippen molar-refractivity contribution in [2.24, 2.45) is 0 Å². The van der Waals surface area contributed by atoms with Crippen molar-refractivity contribution in [1.29, 1.82) is 5.26 Å². The number of pyridine rings is 1. The lowest BCUT2D eigenvalue weighted by Crippen LogP contribution is -1.96. The van der Waals surface area contributed by atoms with Crippen molar-refractivity contribution in [3.05, 3.63) is 52.4 Å². The smallest absolute Gasteiger partial charge is 0.131 e. The van der Waals surface area contributed by atoms with Gasteiger partial charge in [-0.3, -0.25) is 0 Å². The molecule has 0 saturated carbocycles. The molecule has 3 nitrogen and oxygen atoms in total. The molecule has 0 saturated heterocycles. The fourth-order valence-electron chi connectivity index (χ4n) is 1.57. The van der Waals surface area contributed by atoms with E-state index >= 15 is 0 Å². The minimum absolute atomic E-state index is 0.297. The van der Waals surface area contributed by atoms with E-state index in [0.717, 1.165) is 0 Å². The maximum absolute atomic E-state index is 13.2. The predicted octanol–water partition coefficient (Wildman–Crippen LogP) is 3.80. The second-order valence-electron chi connectivity index (χ2n) is 3.78. The highest BCUT2D eigenvalue weighted by Crippen LogP contribution is 2.21. The molecule has 1 N–H and O–H groups in total. The van der Waals surface area contributed by atoms with Crippen LogP contribution in [0, 0.1) is 24.1 Å². The Morgan fingerprint density at radius 3 is 2.72 bits per heavy atom. The second-order valence-corrected chi connectivity index (χ2v) is 4.21. The van der Waals surface area contributed by atoms with Crippen molar-refractivity contribution in [2.75, 3.05) is 5.32 Å². The lowest BCUT2D eigenvalue weighted by atomic mass is 10.2. The van der Waals surface area contributed by atoms with Gasteiger partial charge in [-0.25, -0.2) is 9.37 Å². The Bertz CT molecular complexity index is 614. The summed E-state index contributed by atoms with van der Waals surface area (Å²) in [7, 11) is 0. The zero-order valence-electron chi connectivity index (χ0n) is 9.54. The Morgan fingerprint density at radius 2 is 2.06 bits per heavy atom. The largest absolute Gasteiger partial charge is 0.340 e. The fraction of sp³-hybridized carbons (Fsp3) is 0.0769. The molecular weight excluding hydrogens is 253 g/mol. The van der Waals surface area contributed by atoms with E-state index in [0.29, 0.717) is 27.8 Å². The van der Waals surface area contributed by atoms with E-state index in [-0.39, 0.29) is 0 Å². The first-order valence-corrected chi connectivity index (χ1v) is 5.56. The average Bonchev–Trinajstić information content (AvgIpc) is 2.26. The van der Waals surface area contributed by atoms with Gasteiger partial charge in [0.25, 0.3) is 0 Å². The third kappa shape index (κ3) is 2.96. The van der Waals surface area contributed by atoms with Crippen molar-refractivity contribution in [1.82, 2.24) is 4.98 Å². The molecule has 0 aliphatic carbocycles. The first-order chi connectivity index (χ1) is 8.56. The maximum Gasteiger partial charge on any atom is 0.131 e. The van der Waals surface area contributed by atoms with E-state index in [2.05, 4.69) is 10.3 Å². The zero-order valence-corrected chi connectivity index (χ0v) is 10.3. The average molecular weight is 262 g/mol. The molecule has 0 spiro atoms. The normalized spacial score (nSPS) is 9.89. The monoisotopic (exact) mass is 261 g/mol. The molecule has 0 radical (unpaired) electrons. The summed E-state index contributed by atoms with van der Waals surface area (Å²) in [5.41, 5.74) is 1.69. The summed E-state index contributed by atoms with van der Waals surface area (Å²) in [6.07, 6.45) is 0. The molecule has 1 aromatic carbocycles. The van der Waals surface area contributed by atoms with Crippen LogP contribution < -0.4 is 5.32 Å². The van der Waals surface area contributed by atoms with Crippen LogP contribution in [0.5, 0.6) is 0 Å². The van der Waals surface area contributed by atoms with Crippen LogP contribution in [-0.2, 0) is 0 Å². The SMILES string of the molecule is Cc1cc(C#N)cc(Nc2cc(F)cc(Cl)c2)n1. The van der Waals surface area contributed by atoms with Crippen LogP contribution in [0.25, 0.3) is 0 Å². The van der Waals surface area contributed by atoms with E-state index in [9.17, 15) is 4.39 Å². The molecule has 0 amide bonds. The van der Waals surface area contributed by atoms with Crippen LogP contribution in [0.3, 0.4) is 0 Å². The Kier molecular flexibility index (Phi) is 3.45. The van der Waals surface area contributed by atoms with Gasteiger partial charge in [-0.15, -0.1) is 0 Å². The Balaban J connectivity index is 2.34. The first kappa shape index (κ1) is 12.3. The maximum atomic E-state index is 13.2. The van der Waals surface area contributed by atoms with Gasteiger partial charge in [-0.2, -0.15) is 5.26 Å². The van der Waals surface area contributed by atoms with Crippen LogP contribution in [0.2, 0.25) is 5.02 Å². The number of hydrogen-bond donors (Lipinski definition) is 1. The van der Waals surface area contributed by atoms with Crippen molar-refractivity contribution < 1.29 is 4.39 Å². The summed E-state index contributed by atoms with van der Waals surface area (Å²) in [6, 6.07) is 9.41. The van der Waals surface area contributed by atoms with Gasteiger partial charge in [-0.1, -0.05) is 11.6 Å². The summed E-state index contributed by atoms with van der Waals surface area (Å²) >= 11 is 5.75. The van der Waals surface area contributed by atoms with Crippen molar-refractivity contribution in [2.45, 2.75) is 6.92 Å². The van der Waals surface area contributed by atoms with Crippen molar-refractivity contribution in [3.8, 4) is 6.07 Å². The Morgan fingerprint density at radius 1 is 1.28 bits per heavy atom. The number of anilines is 2. The third-order valence-electron chi connectivity index (χ3n) is 2.22. The molecule has 0 aliphatic heterocycles. The van der Waals surface area contributed by atoms with Crippen LogP contribution in [0.4, 0.5) is 15.9 Å². The highest BCUT2D eigenvalue weighted by molar-refractivity contribution is 6.30. The van der Waals surface area contributed by atoms with Gasteiger partial charge in [0.2, 0.25) is 0 Å². The summed E-state index contributed by atoms with van der Waals surface area (Å²) < 4.78 is 13.2. The zero-order chi connectivity index (χ0) is 13.1. The van der Waals surface area contributed by atoms with Crippen molar-refractivity contribution in [3.63, 3.8) is 0 Å². The van der Waals surface area contributed by atoms with E-state index in [1.807, 2.05) is 6.07 Å². The molecular formula is C13H9ClFN3. The Hall–Kier alpha value is -2.12. The third-order valence-corrected chi connectivity index (χ3v) is 2.44. The van der Waals surface area contributed by atoms with Gasteiger partial charge in [0.05, 0.1) is 11.6 Å². The van der Waals surface area contributed by atoms with E-state index in [1.165, 1.54) is 12.1 Å². The number of aromatic nitrogens is 1. The van der Waals surface area contributed by atoms with Gasteiger partial charge in [0, 0.05) is 16.4 Å². The number of nitriles is 1. The lowest BCUT2D eigenvalue weighted by molar-refractivity contribution is 0.628. The van der Waals surface area contributed by atoms with Crippen molar-refractivity contribution >= 4 is 23.1 Å². The number of nitrogens with zero attached hydrogens (tertiary/aromatic N) is 2. The van der Waals surface area contributed by atoms with Gasteiger partial charge in [0.15, 0.2) is 0 Å². The molecule has 1 heterocycles. The highest BCUT2D eigenvalue weighted by Gasteiger charge is 2.03.